The van der Waals surface area contributed by atoms with E-state index in [1.807, 2.05) is 24.3 Å². The summed E-state index contributed by atoms with van der Waals surface area (Å²) < 4.78 is 12.4. The monoisotopic (exact) mass is 348 g/mol. The highest BCUT2D eigenvalue weighted by Crippen LogP contribution is 2.48. The molecule has 5 heteroatoms. The van der Waals surface area contributed by atoms with Gasteiger partial charge in [0.25, 0.3) is 0 Å². The number of benzene rings is 2. The number of hydrogen-bond donors (Lipinski definition) is 0. The van der Waals surface area contributed by atoms with E-state index in [4.69, 9.17) is 28.9 Å². The van der Waals surface area contributed by atoms with Crippen LogP contribution in [-0.2, 0) is 0 Å². The van der Waals surface area contributed by atoms with Gasteiger partial charge in [0.15, 0.2) is 0 Å². The molecule has 0 amide bonds. The number of methoxy groups -OCH3 is 1. The highest BCUT2D eigenvalue weighted by atomic mass is 79.9. The predicted molar refractivity (Wildman–Crippen MR) is 85.2 cm³/mol. The minimum Gasteiger partial charge on any atom is -0.496 e. The van der Waals surface area contributed by atoms with Crippen LogP contribution in [0.5, 0.6) is 17.2 Å². The second kappa shape index (κ2) is 5.34. The van der Waals surface area contributed by atoms with Crippen molar-refractivity contribution < 1.29 is 9.47 Å². The Morgan fingerprint density at radius 1 is 1.30 bits per heavy atom. The smallest absolute Gasteiger partial charge is 0.134 e. The van der Waals surface area contributed by atoms with Gasteiger partial charge < -0.3 is 9.47 Å². The van der Waals surface area contributed by atoms with Crippen molar-refractivity contribution in [3.8, 4) is 17.2 Å². The molecule has 0 fully saturated rings. The lowest BCUT2D eigenvalue weighted by molar-refractivity contribution is 0.392. The average molecular weight is 349 g/mol. The fraction of sp³-hybridized carbons (Fsp3) is 0.200. The van der Waals surface area contributed by atoms with Gasteiger partial charge in [-0.3, -0.25) is 0 Å². The summed E-state index contributed by atoms with van der Waals surface area (Å²) in [4.78, 5) is 0. The SMILES string of the molecule is [B]c1cc(OC)c2c(c1)Oc1ccc(Br)cc1C2CCl. The topological polar surface area (TPSA) is 18.5 Å². The molecule has 0 aromatic heterocycles. The van der Waals surface area contributed by atoms with Crippen molar-refractivity contribution in [1.82, 2.24) is 0 Å². The molecule has 0 saturated carbocycles. The number of ether oxygens (including phenoxy) is 2. The van der Waals surface area contributed by atoms with Crippen LogP contribution in [0.1, 0.15) is 17.0 Å². The molecule has 1 atom stereocenters. The van der Waals surface area contributed by atoms with Crippen LogP contribution < -0.4 is 14.9 Å². The van der Waals surface area contributed by atoms with E-state index < -0.39 is 0 Å². The van der Waals surface area contributed by atoms with Crippen molar-refractivity contribution in [2.24, 2.45) is 0 Å². The number of fused-ring (bicyclic) bond motifs is 2. The fourth-order valence-corrected chi connectivity index (χ4v) is 3.24. The lowest BCUT2D eigenvalue weighted by Crippen LogP contribution is -2.16. The van der Waals surface area contributed by atoms with E-state index in [-0.39, 0.29) is 5.92 Å². The maximum Gasteiger partial charge on any atom is 0.134 e. The van der Waals surface area contributed by atoms with Crippen LogP contribution in [0.4, 0.5) is 0 Å². The van der Waals surface area contributed by atoms with Gasteiger partial charge in [-0.1, -0.05) is 21.4 Å². The Bertz CT molecular complexity index is 675. The van der Waals surface area contributed by atoms with E-state index in [0.717, 1.165) is 21.3 Å². The van der Waals surface area contributed by atoms with E-state index >= 15 is 0 Å². The lowest BCUT2D eigenvalue weighted by atomic mass is 9.85. The van der Waals surface area contributed by atoms with Crippen LogP contribution in [-0.4, -0.2) is 20.8 Å². The Morgan fingerprint density at radius 3 is 2.80 bits per heavy atom. The molecule has 3 rings (SSSR count). The molecule has 2 aromatic rings. The van der Waals surface area contributed by atoms with Crippen molar-refractivity contribution in [1.29, 1.82) is 0 Å². The summed E-state index contributed by atoms with van der Waals surface area (Å²) in [7, 11) is 7.51. The Kier molecular flexibility index (Phi) is 3.69. The maximum absolute atomic E-state index is 6.20. The molecule has 2 nitrogen and oxygen atoms in total. The van der Waals surface area contributed by atoms with Crippen LogP contribution in [0, 0.1) is 0 Å². The first-order chi connectivity index (χ1) is 9.63. The number of rotatable bonds is 2. The van der Waals surface area contributed by atoms with E-state index in [9.17, 15) is 0 Å². The first kappa shape index (κ1) is 13.8. The van der Waals surface area contributed by atoms with Gasteiger partial charge in [-0.2, -0.15) is 0 Å². The first-order valence-electron chi connectivity index (χ1n) is 6.14. The predicted octanol–water partition coefficient (Wildman–Crippen LogP) is 3.73. The van der Waals surface area contributed by atoms with Crippen LogP contribution in [0.25, 0.3) is 0 Å². The van der Waals surface area contributed by atoms with Gasteiger partial charge in [0.2, 0.25) is 0 Å². The largest absolute Gasteiger partial charge is 0.496 e. The lowest BCUT2D eigenvalue weighted by Gasteiger charge is -2.29. The minimum atomic E-state index is 0.0171. The van der Waals surface area contributed by atoms with Gasteiger partial charge in [0.05, 0.1) is 7.11 Å². The van der Waals surface area contributed by atoms with E-state index in [1.54, 1.807) is 13.2 Å². The van der Waals surface area contributed by atoms with Crippen LogP contribution in [0.2, 0.25) is 0 Å². The van der Waals surface area contributed by atoms with Gasteiger partial charge in [0, 0.05) is 27.4 Å². The summed E-state index contributed by atoms with van der Waals surface area (Å²) in [5.41, 5.74) is 2.60. The average Bonchev–Trinajstić information content (AvgIpc) is 2.44. The van der Waals surface area contributed by atoms with E-state index in [0.29, 0.717) is 22.8 Å². The van der Waals surface area contributed by atoms with Crippen LogP contribution in [0.15, 0.2) is 34.8 Å². The molecular weight excluding hydrogens is 338 g/mol. The third kappa shape index (κ3) is 2.21. The van der Waals surface area contributed by atoms with Crippen molar-refractivity contribution in [2.75, 3.05) is 13.0 Å². The zero-order valence-corrected chi connectivity index (χ0v) is 13.2. The summed E-state index contributed by atoms with van der Waals surface area (Å²) in [6, 6.07) is 9.50. The molecule has 1 aliphatic heterocycles. The quantitative estimate of drug-likeness (QED) is 0.608. The zero-order chi connectivity index (χ0) is 14.3. The molecule has 100 valence electrons. The third-order valence-corrected chi connectivity index (χ3v) is 4.22. The molecular formula is C15H11BBrClO2. The fourth-order valence-electron chi connectivity index (χ4n) is 2.54. The Morgan fingerprint density at radius 2 is 2.10 bits per heavy atom. The van der Waals surface area contributed by atoms with Gasteiger partial charge in [-0.15, -0.1) is 11.6 Å². The molecule has 0 N–H and O–H groups in total. The summed E-state index contributed by atoms with van der Waals surface area (Å²) in [5.74, 6) is 2.68. The number of alkyl halides is 1. The minimum absolute atomic E-state index is 0.0171. The van der Waals surface area contributed by atoms with Gasteiger partial charge in [0.1, 0.15) is 25.1 Å². The summed E-state index contributed by atoms with van der Waals surface area (Å²) >= 11 is 9.68. The Hall–Kier alpha value is -1.13. The molecule has 1 heterocycles. The highest BCUT2D eigenvalue weighted by Gasteiger charge is 2.30. The highest BCUT2D eigenvalue weighted by molar-refractivity contribution is 9.10. The standard InChI is InChI=1S/C15H11BBrClO2/c1-19-13-4-8(16)5-14-15(13)11(7-18)10-6-9(17)2-3-12(10)20-14/h2-6,11H,7H2,1H3. The summed E-state index contributed by atoms with van der Waals surface area (Å²) in [5, 5.41) is 0. The van der Waals surface area contributed by atoms with Crippen molar-refractivity contribution >= 4 is 40.8 Å². The molecule has 0 aliphatic carbocycles. The summed E-state index contributed by atoms with van der Waals surface area (Å²) in [6.45, 7) is 0. The summed E-state index contributed by atoms with van der Waals surface area (Å²) in [6.07, 6.45) is 0. The molecule has 2 radical (unpaired) electrons. The molecule has 0 spiro atoms. The molecule has 1 aliphatic rings. The third-order valence-electron chi connectivity index (χ3n) is 3.42. The van der Waals surface area contributed by atoms with E-state index in [2.05, 4.69) is 15.9 Å². The van der Waals surface area contributed by atoms with Gasteiger partial charge >= 0.3 is 0 Å². The maximum atomic E-state index is 6.20. The van der Waals surface area contributed by atoms with Crippen LogP contribution >= 0.6 is 27.5 Å². The number of hydrogen-bond acceptors (Lipinski definition) is 2. The van der Waals surface area contributed by atoms with Crippen LogP contribution in [0.3, 0.4) is 0 Å². The van der Waals surface area contributed by atoms with Crippen molar-refractivity contribution in [2.45, 2.75) is 5.92 Å². The second-order valence-electron chi connectivity index (χ2n) is 4.63. The second-order valence-corrected chi connectivity index (χ2v) is 5.85. The Balaban J connectivity index is 2.23. The zero-order valence-electron chi connectivity index (χ0n) is 10.8. The van der Waals surface area contributed by atoms with Gasteiger partial charge in [-0.25, -0.2) is 0 Å². The molecule has 0 bridgehead atoms. The molecule has 1 unspecified atom stereocenters. The number of halogens is 2. The molecule has 0 saturated heterocycles. The first-order valence-corrected chi connectivity index (χ1v) is 7.47. The normalized spacial score (nSPS) is 16.1. The van der Waals surface area contributed by atoms with Gasteiger partial charge in [-0.05, 0) is 30.3 Å². The van der Waals surface area contributed by atoms with Crippen molar-refractivity contribution in [3.63, 3.8) is 0 Å². The Labute approximate surface area is 132 Å². The van der Waals surface area contributed by atoms with E-state index in [1.165, 1.54) is 0 Å². The molecule has 2 aromatic carbocycles. The molecule has 20 heavy (non-hydrogen) atoms. The van der Waals surface area contributed by atoms with Crippen molar-refractivity contribution in [3.05, 3.63) is 45.9 Å².